The topological polar surface area (TPSA) is 55.1 Å². The van der Waals surface area contributed by atoms with Crippen molar-refractivity contribution in [2.45, 2.75) is 32.7 Å². The summed E-state index contributed by atoms with van der Waals surface area (Å²) >= 11 is 3.41. The molecule has 2 unspecified atom stereocenters. The van der Waals surface area contributed by atoms with Crippen LogP contribution in [-0.4, -0.2) is 18.5 Å². The van der Waals surface area contributed by atoms with E-state index >= 15 is 0 Å². The van der Waals surface area contributed by atoms with Crippen molar-refractivity contribution in [2.24, 2.45) is 11.7 Å². The van der Waals surface area contributed by atoms with E-state index < -0.39 is 0 Å². The molecule has 4 heteroatoms. The molecule has 0 radical (unpaired) electrons. The molecule has 2 atom stereocenters. The zero-order valence-electron chi connectivity index (χ0n) is 10.9. The molecule has 0 aliphatic carbocycles. The minimum atomic E-state index is 0.0811. The van der Waals surface area contributed by atoms with Crippen molar-refractivity contribution < 1.29 is 4.79 Å². The smallest absolute Gasteiger partial charge is 0.220 e. The van der Waals surface area contributed by atoms with Gasteiger partial charge in [-0.1, -0.05) is 35.0 Å². The first-order valence-electron chi connectivity index (χ1n) is 6.25. The summed E-state index contributed by atoms with van der Waals surface area (Å²) < 4.78 is 1.07. The Hall–Kier alpha value is -0.870. The summed E-state index contributed by atoms with van der Waals surface area (Å²) in [4.78, 5) is 11.7. The van der Waals surface area contributed by atoms with Crippen LogP contribution < -0.4 is 11.1 Å². The third-order valence-electron chi connectivity index (χ3n) is 2.80. The van der Waals surface area contributed by atoms with Gasteiger partial charge in [0.05, 0.1) is 0 Å². The summed E-state index contributed by atoms with van der Waals surface area (Å²) in [6.45, 7) is 4.56. The molecule has 0 fully saturated rings. The van der Waals surface area contributed by atoms with E-state index in [2.05, 4.69) is 33.4 Å². The summed E-state index contributed by atoms with van der Waals surface area (Å²) in [5, 5.41) is 3.00. The van der Waals surface area contributed by atoms with Crippen LogP contribution in [0.3, 0.4) is 0 Å². The fourth-order valence-corrected chi connectivity index (χ4v) is 2.02. The van der Waals surface area contributed by atoms with Crippen LogP contribution in [0, 0.1) is 5.92 Å². The van der Waals surface area contributed by atoms with Gasteiger partial charge in [0.15, 0.2) is 0 Å². The van der Waals surface area contributed by atoms with Crippen molar-refractivity contribution in [2.75, 3.05) is 6.54 Å². The number of hydrogen-bond acceptors (Lipinski definition) is 2. The van der Waals surface area contributed by atoms with Gasteiger partial charge in [-0.05, 0) is 43.5 Å². The highest BCUT2D eigenvalue weighted by molar-refractivity contribution is 9.10. The van der Waals surface area contributed by atoms with Crippen molar-refractivity contribution in [1.29, 1.82) is 0 Å². The highest BCUT2D eigenvalue weighted by Gasteiger charge is 2.11. The molecule has 0 saturated heterocycles. The van der Waals surface area contributed by atoms with E-state index in [0.29, 0.717) is 13.0 Å². The van der Waals surface area contributed by atoms with Crippen LogP contribution in [-0.2, 0) is 11.2 Å². The minimum Gasteiger partial charge on any atom is -0.353 e. The van der Waals surface area contributed by atoms with E-state index in [1.807, 2.05) is 26.0 Å². The lowest BCUT2D eigenvalue weighted by Crippen LogP contribution is -2.35. The van der Waals surface area contributed by atoms with Gasteiger partial charge in [0.25, 0.3) is 0 Å². The fraction of sp³-hybridized carbons (Fsp3) is 0.500. The number of carbonyl (C=O) groups is 1. The van der Waals surface area contributed by atoms with Crippen LogP contribution in [0.5, 0.6) is 0 Å². The molecule has 3 nitrogen and oxygen atoms in total. The minimum absolute atomic E-state index is 0.0811. The van der Waals surface area contributed by atoms with Crippen molar-refractivity contribution >= 4 is 21.8 Å². The monoisotopic (exact) mass is 312 g/mol. The Morgan fingerprint density at radius 2 is 1.94 bits per heavy atom. The summed E-state index contributed by atoms with van der Waals surface area (Å²) in [5.41, 5.74) is 6.72. The summed E-state index contributed by atoms with van der Waals surface area (Å²) in [7, 11) is 0. The molecule has 0 bridgehead atoms. The standard InChI is InChI=1S/C14H21BrN2O/c1-10(9-16)7-14(18)17-11(2)8-12-3-5-13(15)6-4-12/h3-6,10-11H,7-9,16H2,1-2H3,(H,17,18). The lowest BCUT2D eigenvalue weighted by molar-refractivity contribution is -0.122. The number of rotatable bonds is 6. The molecule has 0 aromatic heterocycles. The third kappa shape index (κ3) is 5.65. The van der Waals surface area contributed by atoms with Crippen molar-refractivity contribution in [3.05, 3.63) is 34.3 Å². The number of benzene rings is 1. The molecule has 0 spiro atoms. The molecule has 100 valence electrons. The first-order valence-corrected chi connectivity index (χ1v) is 7.04. The molecule has 0 heterocycles. The highest BCUT2D eigenvalue weighted by atomic mass is 79.9. The first kappa shape index (κ1) is 15.2. The van der Waals surface area contributed by atoms with Crippen LogP contribution in [0.15, 0.2) is 28.7 Å². The Morgan fingerprint density at radius 1 is 1.33 bits per heavy atom. The Balaban J connectivity index is 2.39. The van der Waals surface area contributed by atoms with E-state index in [0.717, 1.165) is 10.9 Å². The second-order valence-corrected chi connectivity index (χ2v) is 5.76. The van der Waals surface area contributed by atoms with Gasteiger partial charge in [-0.15, -0.1) is 0 Å². The van der Waals surface area contributed by atoms with E-state index in [1.54, 1.807) is 0 Å². The fourth-order valence-electron chi connectivity index (χ4n) is 1.76. The van der Waals surface area contributed by atoms with Gasteiger partial charge in [-0.3, -0.25) is 4.79 Å². The second-order valence-electron chi connectivity index (χ2n) is 4.84. The molecule has 0 aliphatic rings. The molecule has 1 aromatic carbocycles. The summed E-state index contributed by atoms with van der Waals surface area (Å²) in [5.74, 6) is 0.322. The molecule has 18 heavy (non-hydrogen) atoms. The predicted molar refractivity (Wildman–Crippen MR) is 78.3 cm³/mol. The summed E-state index contributed by atoms with van der Waals surface area (Å²) in [6.07, 6.45) is 1.34. The molecular formula is C14H21BrN2O. The highest BCUT2D eigenvalue weighted by Crippen LogP contribution is 2.12. The Morgan fingerprint density at radius 3 is 2.50 bits per heavy atom. The normalized spacial score (nSPS) is 14.0. The van der Waals surface area contributed by atoms with Crippen LogP contribution in [0.1, 0.15) is 25.8 Å². The molecule has 1 aromatic rings. The average molecular weight is 313 g/mol. The maximum Gasteiger partial charge on any atom is 0.220 e. The lowest BCUT2D eigenvalue weighted by Gasteiger charge is -2.15. The second kappa shape index (κ2) is 7.54. The third-order valence-corrected chi connectivity index (χ3v) is 3.33. The SMILES string of the molecule is CC(CN)CC(=O)NC(C)Cc1ccc(Br)cc1. The van der Waals surface area contributed by atoms with Crippen molar-refractivity contribution in [3.8, 4) is 0 Å². The lowest BCUT2D eigenvalue weighted by atomic mass is 10.1. The van der Waals surface area contributed by atoms with Crippen molar-refractivity contribution in [3.63, 3.8) is 0 Å². The Kier molecular flexibility index (Phi) is 6.36. The van der Waals surface area contributed by atoms with Crippen LogP contribution >= 0.6 is 15.9 Å². The molecule has 0 aliphatic heterocycles. The van der Waals surface area contributed by atoms with E-state index in [1.165, 1.54) is 5.56 Å². The van der Waals surface area contributed by atoms with Gasteiger partial charge >= 0.3 is 0 Å². The van der Waals surface area contributed by atoms with Gasteiger partial charge in [-0.25, -0.2) is 0 Å². The Bertz CT molecular complexity index is 378. The largest absolute Gasteiger partial charge is 0.353 e. The van der Waals surface area contributed by atoms with E-state index in [4.69, 9.17) is 5.73 Å². The van der Waals surface area contributed by atoms with Gasteiger partial charge in [0.1, 0.15) is 0 Å². The average Bonchev–Trinajstić information content (AvgIpc) is 2.31. The first-order chi connectivity index (χ1) is 8.51. The predicted octanol–water partition coefficient (Wildman–Crippen LogP) is 2.48. The molecule has 0 saturated carbocycles. The molecule has 1 rings (SSSR count). The molecular weight excluding hydrogens is 292 g/mol. The number of carbonyl (C=O) groups excluding carboxylic acids is 1. The number of nitrogens with one attached hydrogen (secondary N) is 1. The maximum absolute atomic E-state index is 11.7. The molecule has 3 N–H and O–H groups in total. The van der Waals surface area contributed by atoms with Crippen LogP contribution in [0.25, 0.3) is 0 Å². The van der Waals surface area contributed by atoms with Gasteiger partial charge in [0.2, 0.25) is 5.91 Å². The Labute approximate surface area is 117 Å². The van der Waals surface area contributed by atoms with Crippen LogP contribution in [0.2, 0.25) is 0 Å². The number of halogens is 1. The zero-order chi connectivity index (χ0) is 13.5. The van der Waals surface area contributed by atoms with Gasteiger partial charge in [-0.2, -0.15) is 0 Å². The van der Waals surface area contributed by atoms with Gasteiger partial charge in [0, 0.05) is 16.9 Å². The number of amides is 1. The number of hydrogen-bond donors (Lipinski definition) is 2. The van der Waals surface area contributed by atoms with Crippen molar-refractivity contribution in [1.82, 2.24) is 5.32 Å². The molecule has 1 amide bonds. The van der Waals surface area contributed by atoms with Crippen LogP contribution in [0.4, 0.5) is 0 Å². The number of nitrogens with two attached hydrogens (primary N) is 1. The summed E-state index contributed by atoms with van der Waals surface area (Å²) in [6, 6.07) is 8.30. The van der Waals surface area contributed by atoms with E-state index in [-0.39, 0.29) is 17.9 Å². The van der Waals surface area contributed by atoms with E-state index in [9.17, 15) is 4.79 Å². The zero-order valence-corrected chi connectivity index (χ0v) is 12.5. The van der Waals surface area contributed by atoms with Gasteiger partial charge < -0.3 is 11.1 Å². The quantitative estimate of drug-likeness (QED) is 0.848. The maximum atomic E-state index is 11.7.